The van der Waals surface area contributed by atoms with Gasteiger partial charge < -0.3 is 70.4 Å². The summed E-state index contributed by atoms with van der Waals surface area (Å²) in [6.45, 7) is 31.6. The highest BCUT2D eigenvalue weighted by Crippen LogP contribution is 2.25. The molecule has 0 spiro atoms. The highest BCUT2D eigenvalue weighted by Gasteiger charge is 2.46. The number of hydrogen-bond acceptors (Lipinski definition) is 16. The molecule has 92 heavy (non-hydrogen) atoms. The zero-order valence-corrected chi connectivity index (χ0v) is 59.9. The van der Waals surface area contributed by atoms with Gasteiger partial charge in [-0.1, -0.05) is 104 Å². The topological polar surface area (TPSA) is 317 Å². The first-order chi connectivity index (χ1) is 42.6. The fraction of sp³-hybridized carbons (Fsp3) is 0.833. The first-order valence-electron chi connectivity index (χ1n) is 33.2. The fourth-order valence-electron chi connectivity index (χ4n) is 11.7. The van der Waals surface area contributed by atoms with Crippen molar-refractivity contribution in [3.8, 4) is 0 Å². The van der Waals surface area contributed by atoms with Crippen LogP contribution in [0.3, 0.4) is 0 Å². The van der Waals surface area contributed by atoms with Crippen molar-refractivity contribution < 1.29 is 72.4 Å². The second-order valence-electron chi connectivity index (χ2n) is 28.7. The molecule has 2 saturated heterocycles. The van der Waals surface area contributed by atoms with E-state index >= 15 is 14.4 Å². The maximum Gasteiger partial charge on any atom is 0.329 e. The van der Waals surface area contributed by atoms with Gasteiger partial charge in [-0.3, -0.25) is 52.8 Å². The summed E-state index contributed by atoms with van der Waals surface area (Å²) in [5, 5.41) is 34.7. The number of carbonyl (C=O) groups is 11. The highest BCUT2D eigenvalue weighted by atomic mass is 16.6. The Morgan fingerprint density at radius 3 is 1.30 bits per heavy atom. The van der Waals surface area contributed by atoms with E-state index in [0.717, 1.165) is 14.7 Å². The van der Waals surface area contributed by atoms with Crippen LogP contribution in [0.1, 0.15) is 156 Å². The number of cyclic esters (lactones) is 1. The monoisotopic (exact) mass is 1310 g/mol. The number of morpholine rings is 1. The predicted molar refractivity (Wildman–Crippen MR) is 349 cm³/mol. The molecule has 2 aliphatic heterocycles. The number of ether oxygens (including phenoxy) is 2. The van der Waals surface area contributed by atoms with E-state index in [-0.39, 0.29) is 61.7 Å². The van der Waals surface area contributed by atoms with Crippen molar-refractivity contribution in [1.29, 1.82) is 0 Å². The summed E-state index contributed by atoms with van der Waals surface area (Å²) in [5.41, 5.74) is 0. The molecule has 13 atom stereocenters. The molecule has 0 saturated carbocycles. The number of hydrogen-bond donors (Lipinski definition) is 6. The molecule has 0 aromatic rings. The second kappa shape index (κ2) is 37.8. The van der Waals surface area contributed by atoms with Crippen LogP contribution in [0.4, 0.5) is 0 Å². The van der Waals surface area contributed by atoms with Gasteiger partial charge in [0.1, 0.15) is 54.4 Å². The van der Waals surface area contributed by atoms with Gasteiger partial charge in [0, 0.05) is 55.4 Å². The maximum atomic E-state index is 15.3. The molecule has 2 aliphatic rings. The van der Waals surface area contributed by atoms with Crippen molar-refractivity contribution in [1.82, 2.24) is 55.6 Å². The first-order valence-corrected chi connectivity index (χ1v) is 33.2. The minimum absolute atomic E-state index is 0.0786. The summed E-state index contributed by atoms with van der Waals surface area (Å²) in [6.07, 6.45) is -3.80. The van der Waals surface area contributed by atoms with Gasteiger partial charge in [0.15, 0.2) is 6.10 Å². The molecule has 0 aromatic heterocycles. The molecule has 6 N–H and O–H groups in total. The third kappa shape index (κ3) is 24.1. The Morgan fingerprint density at radius 2 is 0.880 bits per heavy atom. The van der Waals surface area contributed by atoms with Gasteiger partial charge in [0.25, 0.3) is 5.91 Å². The number of carbonyl (C=O) groups excluding carboxylic acids is 11. The lowest BCUT2D eigenvalue weighted by molar-refractivity contribution is -0.166. The number of nitrogens with zero attached hydrogens (tertiary/aromatic N) is 7. The van der Waals surface area contributed by atoms with E-state index in [9.17, 15) is 48.6 Å². The number of amides is 10. The molecule has 10 amide bonds. The molecule has 26 nitrogen and oxygen atoms in total. The molecule has 0 aromatic carbocycles. The zero-order chi connectivity index (χ0) is 70.7. The van der Waals surface area contributed by atoms with Gasteiger partial charge in [0.05, 0.1) is 32.0 Å². The SMILES string of the molecule is CC(C)C[C@@H]1C(=O)N[C@H](CC(C)C)C(=O)N(C)[C@H](C(C)C)C(=O)N(C)[C@H]([C@H](O)[C@H](C)CCN2CCOCC2)C(=O)N[C@H]([C@@H](C)O)C(=O)N(C)CC(=O)N(C)[C@@H](CC(C)C)C(=O)N[C@H](CC(C)C)C(=O)N(C)[C@H](CC(C)C)C(=O)N[C@H](C)C(=O)O[C@@H](C(C)C)C(=O)N1C. The predicted octanol–water partition coefficient (Wildman–Crippen LogP) is 2.11. The Kier molecular flexibility index (Phi) is 33.7. The van der Waals surface area contributed by atoms with Crippen molar-refractivity contribution in [2.24, 2.45) is 47.3 Å². The van der Waals surface area contributed by atoms with E-state index in [1.54, 1.807) is 34.6 Å². The molecule has 2 heterocycles. The van der Waals surface area contributed by atoms with E-state index in [0.29, 0.717) is 39.3 Å². The van der Waals surface area contributed by atoms with Gasteiger partial charge in [-0.15, -0.1) is 0 Å². The summed E-state index contributed by atoms with van der Waals surface area (Å²) in [6, 6.07) is -12.3. The Labute approximate surface area is 549 Å². The first kappa shape index (κ1) is 82.1. The molecule has 2 fully saturated rings. The minimum atomic E-state index is -1.76. The number of aliphatic hydroxyl groups excluding tert-OH is 2. The van der Waals surface area contributed by atoms with Crippen molar-refractivity contribution in [3.05, 3.63) is 0 Å². The summed E-state index contributed by atoms with van der Waals surface area (Å²) in [7, 11) is 8.17. The normalized spacial score (nSPS) is 27.2. The van der Waals surface area contributed by atoms with Crippen molar-refractivity contribution in [2.75, 3.05) is 81.7 Å². The molecule has 0 bridgehead atoms. The van der Waals surface area contributed by atoms with Crippen LogP contribution < -0.4 is 21.3 Å². The third-order valence-electron chi connectivity index (χ3n) is 17.3. The van der Waals surface area contributed by atoms with Crippen LogP contribution in [-0.2, 0) is 62.2 Å². The highest BCUT2D eigenvalue weighted by molar-refractivity contribution is 5.99. The van der Waals surface area contributed by atoms with Crippen LogP contribution in [0.5, 0.6) is 0 Å². The van der Waals surface area contributed by atoms with Crippen LogP contribution in [0.25, 0.3) is 0 Å². The Hall–Kier alpha value is -5.99. The van der Waals surface area contributed by atoms with Crippen LogP contribution in [0, 0.1) is 47.3 Å². The number of aliphatic hydroxyl groups is 2. The van der Waals surface area contributed by atoms with Crippen LogP contribution in [0.15, 0.2) is 0 Å². The molecule has 0 unspecified atom stereocenters. The van der Waals surface area contributed by atoms with E-state index in [1.165, 1.54) is 70.8 Å². The van der Waals surface area contributed by atoms with E-state index in [2.05, 4.69) is 26.2 Å². The van der Waals surface area contributed by atoms with Gasteiger partial charge in [-0.25, -0.2) is 4.79 Å². The molecular weight excluding hydrogens is 1190 g/mol. The number of rotatable bonds is 18. The van der Waals surface area contributed by atoms with Gasteiger partial charge in [-0.05, 0) is 106 Å². The van der Waals surface area contributed by atoms with Crippen molar-refractivity contribution in [3.63, 3.8) is 0 Å². The summed E-state index contributed by atoms with van der Waals surface area (Å²) in [4.78, 5) is 171. The number of likely N-dealkylation sites (N-methyl/N-ethyl adjacent to an activating group) is 6. The molecule has 2 rings (SSSR count). The standard InChI is InChI=1S/C66H119N11O15/c1-36(2)30-46-61(85)73(20)49(33-39(7)8)57(81)67-44(16)66(90)92-56(42(13)14)65(89)74(21)50(34-40(9)10)59(83)69-47(31-37(3)4)62(86)75(22)53(41(11)12)64(88)76(23)54(55(80)43(15)24-25-77-26-28-91-29-27-77)60(84)70-52(45(17)78)63(87)71(18)35-51(79)72(19)48(32-38(5)6)58(82)68-46/h36-50,52-56,78,80H,24-35H2,1-23H3,(H,67,81)(H,68,82)(H,69,83)(H,70,84)/t43-,44-,45-,46-,47-,48+,49-,50-,52-,53-,54-,55-,56+/m1/s1. The van der Waals surface area contributed by atoms with Crippen LogP contribution >= 0.6 is 0 Å². The van der Waals surface area contributed by atoms with Crippen molar-refractivity contribution in [2.45, 2.75) is 229 Å². The number of esters is 1. The van der Waals surface area contributed by atoms with E-state index in [1.807, 2.05) is 69.2 Å². The summed E-state index contributed by atoms with van der Waals surface area (Å²) in [5.74, 6) is -11.5. The van der Waals surface area contributed by atoms with Gasteiger partial charge in [0.2, 0.25) is 53.2 Å². The largest absolute Gasteiger partial charge is 0.450 e. The lowest BCUT2D eigenvalue weighted by Crippen LogP contribution is -2.64. The van der Waals surface area contributed by atoms with Crippen LogP contribution in [-0.4, -0.2) is 264 Å². The summed E-state index contributed by atoms with van der Waals surface area (Å²) >= 11 is 0. The average Bonchev–Trinajstić information content (AvgIpc) is 0.841. The lowest BCUT2D eigenvalue weighted by Gasteiger charge is -2.40. The lowest BCUT2D eigenvalue weighted by atomic mass is 9.91. The van der Waals surface area contributed by atoms with Crippen molar-refractivity contribution >= 4 is 65.0 Å². The molecule has 0 radical (unpaired) electrons. The third-order valence-corrected chi connectivity index (χ3v) is 17.3. The molecule has 26 heteroatoms. The Bertz CT molecular complexity index is 2470. The van der Waals surface area contributed by atoms with Gasteiger partial charge >= 0.3 is 5.97 Å². The smallest absolute Gasteiger partial charge is 0.329 e. The van der Waals surface area contributed by atoms with Gasteiger partial charge in [-0.2, -0.15) is 0 Å². The zero-order valence-electron chi connectivity index (χ0n) is 59.9. The maximum absolute atomic E-state index is 15.3. The second-order valence-corrected chi connectivity index (χ2v) is 28.7. The fourth-order valence-corrected chi connectivity index (χ4v) is 11.7. The van der Waals surface area contributed by atoms with E-state index in [4.69, 9.17) is 9.47 Å². The Morgan fingerprint density at radius 1 is 0.467 bits per heavy atom. The summed E-state index contributed by atoms with van der Waals surface area (Å²) < 4.78 is 11.4. The minimum Gasteiger partial charge on any atom is -0.450 e. The quantitative estimate of drug-likeness (QED) is 0.107. The molecule has 0 aliphatic carbocycles. The van der Waals surface area contributed by atoms with E-state index < -0.39 is 162 Å². The molecule has 528 valence electrons. The average molecular weight is 1310 g/mol. The number of nitrogens with one attached hydrogen (secondary N) is 4. The molecular formula is C66H119N11O15. The van der Waals surface area contributed by atoms with Crippen LogP contribution in [0.2, 0.25) is 0 Å². The Balaban J connectivity index is 3.02.